The summed E-state index contributed by atoms with van der Waals surface area (Å²) in [6.45, 7) is 6.71. The second-order valence-electron chi connectivity index (χ2n) is 5.71. The zero-order valence-electron chi connectivity index (χ0n) is 12.1. The molecule has 1 aliphatic heterocycles. The van der Waals surface area contributed by atoms with Crippen LogP contribution in [0.25, 0.3) is 0 Å². The average Bonchev–Trinajstić information content (AvgIpc) is 2.91. The Morgan fingerprint density at radius 3 is 2.70 bits per heavy atom. The number of rotatable bonds is 2. The maximum absolute atomic E-state index is 3.58. The van der Waals surface area contributed by atoms with Gasteiger partial charge in [-0.05, 0) is 55.2 Å². The zero-order chi connectivity index (χ0) is 14.1. The lowest BCUT2D eigenvalue weighted by Crippen LogP contribution is -2.20. The molecule has 2 aromatic rings. The molecule has 0 N–H and O–H groups in total. The van der Waals surface area contributed by atoms with Gasteiger partial charge >= 0.3 is 0 Å². The third kappa shape index (κ3) is 2.62. The fourth-order valence-corrected chi connectivity index (χ4v) is 3.51. The van der Waals surface area contributed by atoms with Crippen molar-refractivity contribution in [2.75, 3.05) is 18.0 Å². The number of aryl methyl sites for hydroxylation is 1. The summed E-state index contributed by atoms with van der Waals surface area (Å²) in [6.07, 6.45) is 1.24. The van der Waals surface area contributed by atoms with Gasteiger partial charge in [0.25, 0.3) is 0 Å². The van der Waals surface area contributed by atoms with Crippen LogP contribution < -0.4 is 4.90 Å². The minimum Gasteiger partial charge on any atom is -0.371 e. The summed E-state index contributed by atoms with van der Waals surface area (Å²) >= 11 is 3.58. The molecule has 0 aromatic heterocycles. The van der Waals surface area contributed by atoms with Gasteiger partial charge in [0.1, 0.15) is 0 Å². The normalized spacial score (nSPS) is 18.6. The maximum atomic E-state index is 3.58. The highest BCUT2D eigenvalue weighted by molar-refractivity contribution is 9.10. The van der Waals surface area contributed by atoms with Gasteiger partial charge in [0.15, 0.2) is 0 Å². The number of halogens is 1. The first kappa shape index (κ1) is 13.7. The third-order valence-electron chi connectivity index (χ3n) is 4.43. The van der Waals surface area contributed by atoms with Crippen molar-refractivity contribution in [2.45, 2.75) is 26.2 Å². The molecule has 104 valence electrons. The van der Waals surface area contributed by atoms with Gasteiger partial charge in [-0.15, -0.1) is 0 Å². The molecule has 1 atom stereocenters. The number of hydrogen-bond donors (Lipinski definition) is 0. The van der Waals surface area contributed by atoms with Crippen molar-refractivity contribution in [1.29, 1.82) is 0 Å². The Morgan fingerprint density at radius 1 is 1.10 bits per heavy atom. The molecule has 1 fully saturated rings. The SMILES string of the molecule is Cc1cccc(N2CCC(c3cccc(Br)c3)C2)c1C. The van der Waals surface area contributed by atoms with Crippen LogP contribution in [0, 0.1) is 13.8 Å². The summed E-state index contributed by atoms with van der Waals surface area (Å²) in [4.78, 5) is 2.54. The lowest BCUT2D eigenvalue weighted by molar-refractivity contribution is 0.774. The van der Waals surface area contributed by atoms with E-state index >= 15 is 0 Å². The topological polar surface area (TPSA) is 3.24 Å². The molecule has 0 aliphatic carbocycles. The van der Waals surface area contributed by atoms with Crippen LogP contribution >= 0.6 is 15.9 Å². The van der Waals surface area contributed by atoms with Gasteiger partial charge in [-0.25, -0.2) is 0 Å². The van der Waals surface area contributed by atoms with Gasteiger partial charge < -0.3 is 4.90 Å². The van der Waals surface area contributed by atoms with Crippen molar-refractivity contribution in [1.82, 2.24) is 0 Å². The van der Waals surface area contributed by atoms with Crippen LogP contribution in [-0.4, -0.2) is 13.1 Å². The molecule has 0 radical (unpaired) electrons. The van der Waals surface area contributed by atoms with Crippen molar-refractivity contribution in [3.8, 4) is 0 Å². The highest BCUT2D eigenvalue weighted by atomic mass is 79.9. The van der Waals surface area contributed by atoms with Crippen molar-refractivity contribution in [2.24, 2.45) is 0 Å². The number of hydrogen-bond acceptors (Lipinski definition) is 1. The van der Waals surface area contributed by atoms with Crippen molar-refractivity contribution in [3.63, 3.8) is 0 Å². The predicted molar refractivity (Wildman–Crippen MR) is 89.6 cm³/mol. The fourth-order valence-electron chi connectivity index (χ4n) is 3.09. The van der Waals surface area contributed by atoms with Crippen LogP contribution in [0.1, 0.15) is 29.0 Å². The molecule has 20 heavy (non-hydrogen) atoms. The third-order valence-corrected chi connectivity index (χ3v) is 4.92. The average molecular weight is 330 g/mol. The molecule has 1 unspecified atom stereocenters. The van der Waals surface area contributed by atoms with E-state index in [0.29, 0.717) is 5.92 Å². The van der Waals surface area contributed by atoms with E-state index in [4.69, 9.17) is 0 Å². The summed E-state index contributed by atoms with van der Waals surface area (Å²) in [5, 5.41) is 0. The van der Waals surface area contributed by atoms with Crippen LogP contribution in [0.15, 0.2) is 46.9 Å². The quantitative estimate of drug-likeness (QED) is 0.744. The van der Waals surface area contributed by atoms with Gasteiger partial charge in [0.2, 0.25) is 0 Å². The van der Waals surface area contributed by atoms with Crippen LogP contribution in [0.3, 0.4) is 0 Å². The van der Waals surface area contributed by atoms with Gasteiger partial charge in [-0.3, -0.25) is 0 Å². The first-order valence-electron chi connectivity index (χ1n) is 7.22. The molecular weight excluding hydrogens is 310 g/mol. The molecule has 1 heterocycles. The summed E-state index contributed by atoms with van der Waals surface area (Å²) in [7, 11) is 0. The fraction of sp³-hybridized carbons (Fsp3) is 0.333. The summed E-state index contributed by atoms with van der Waals surface area (Å²) in [6, 6.07) is 15.4. The van der Waals surface area contributed by atoms with E-state index < -0.39 is 0 Å². The van der Waals surface area contributed by atoms with Gasteiger partial charge in [0.05, 0.1) is 0 Å². The van der Waals surface area contributed by atoms with E-state index in [-0.39, 0.29) is 0 Å². The molecule has 0 amide bonds. The van der Waals surface area contributed by atoms with Crippen LogP contribution in [0.2, 0.25) is 0 Å². The molecule has 0 saturated carbocycles. The van der Waals surface area contributed by atoms with Gasteiger partial charge in [0, 0.05) is 29.2 Å². The minimum absolute atomic E-state index is 0.646. The predicted octanol–water partition coefficient (Wildman–Crippen LogP) is 5.06. The molecule has 1 nitrogen and oxygen atoms in total. The second-order valence-corrected chi connectivity index (χ2v) is 6.62. The highest BCUT2D eigenvalue weighted by Gasteiger charge is 2.25. The Labute approximate surface area is 129 Å². The Bertz CT molecular complexity index is 621. The van der Waals surface area contributed by atoms with Gasteiger partial charge in [-0.1, -0.05) is 40.2 Å². The lowest BCUT2D eigenvalue weighted by atomic mass is 9.99. The summed E-state index contributed by atoms with van der Waals surface area (Å²) in [5.41, 5.74) is 5.66. The van der Waals surface area contributed by atoms with Crippen LogP contribution in [-0.2, 0) is 0 Å². The molecule has 2 heteroatoms. The Hall–Kier alpha value is -1.28. The first-order valence-corrected chi connectivity index (χ1v) is 8.01. The summed E-state index contributed by atoms with van der Waals surface area (Å²) in [5.74, 6) is 0.646. The van der Waals surface area contributed by atoms with E-state index in [0.717, 1.165) is 13.1 Å². The number of anilines is 1. The van der Waals surface area contributed by atoms with E-state index in [1.165, 1.54) is 33.3 Å². The van der Waals surface area contributed by atoms with Crippen molar-refractivity contribution in [3.05, 3.63) is 63.6 Å². The van der Waals surface area contributed by atoms with Crippen LogP contribution in [0.4, 0.5) is 5.69 Å². The van der Waals surface area contributed by atoms with Crippen LogP contribution in [0.5, 0.6) is 0 Å². The first-order chi connectivity index (χ1) is 9.65. The standard InChI is InChI=1S/C18H20BrN/c1-13-5-3-8-18(14(13)2)20-10-9-16(12-20)15-6-4-7-17(19)11-15/h3-8,11,16H,9-10,12H2,1-2H3. The van der Waals surface area contributed by atoms with Crippen molar-refractivity contribution >= 4 is 21.6 Å². The van der Waals surface area contributed by atoms with E-state index in [1.807, 2.05) is 0 Å². The maximum Gasteiger partial charge on any atom is 0.0398 e. The molecular formula is C18H20BrN. The molecule has 2 aromatic carbocycles. The Balaban J connectivity index is 1.82. The Morgan fingerprint density at radius 2 is 1.90 bits per heavy atom. The molecule has 3 rings (SSSR count). The molecule has 0 bridgehead atoms. The van der Waals surface area contributed by atoms with Gasteiger partial charge in [-0.2, -0.15) is 0 Å². The van der Waals surface area contributed by atoms with E-state index in [2.05, 4.69) is 77.1 Å². The molecule has 1 aliphatic rings. The monoisotopic (exact) mass is 329 g/mol. The zero-order valence-corrected chi connectivity index (χ0v) is 13.7. The highest BCUT2D eigenvalue weighted by Crippen LogP contribution is 2.33. The second kappa shape index (κ2) is 5.61. The van der Waals surface area contributed by atoms with E-state index in [1.54, 1.807) is 0 Å². The molecule has 0 spiro atoms. The Kier molecular flexibility index (Phi) is 3.84. The van der Waals surface area contributed by atoms with E-state index in [9.17, 15) is 0 Å². The minimum atomic E-state index is 0.646. The molecule has 1 saturated heterocycles. The summed E-state index contributed by atoms with van der Waals surface area (Å²) < 4.78 is 1.18. The number of benzene rings is 2. The van der Waals surface area contributed by atoms with Crippen molar-refractivity contribution < 1.29 is 0 Å². The largest absolute Gasteiger partial charge is 0.371 e. The lowest BCUT2D eigenvalue weighted by Gasteiger charge is -2.22. The number of nitrogens with zero attached hydrogens (tertiary/aromatic N) is 1. The smallest absolute Gasteiger partial charge is 0.0398 e.